The summed E-state index contributed by atoms with van der Waals surface area (Å²) in [5.74, 6) is 1.57. The van der Waals surface area contributed by atoms with Gasteiger partial charge in [0.15, 0.2) is 0 Å². The molecule has 4 heteroatoms. The van der Waals surface area contributed by atoms with E-state index >= 15 is 0 Å². The Balaban J connectivity index is 1.48. The molecule has 3 aromatic carbocycles. The third-order valence-corrected chi connectivity index (χ3v) is 3.64. The molecule has 0 unspecified atom stereocenters. The van der Waals surface area contributed by atoms with Crippen LogP contribution in [0.5, 0.6) is 11.5 Å². The first-order valence-electron chi connectivity index (χ1n) is 7.50. The van der Waals surface area contributed by atoms with Gasteiger partial charge in [-0.3, -0.25) is 4.99 Å². The Hall–Kier alpha value is -3.01. The lowest BCUT2D eigenvalue weighted by molar-refractivity contribution is 0.519. The van der Waals surface area contributed by atoms with E-state index in [1.807, 2.05) is 85.1 Å². The average molecular weight is 299 g/mol. The van der Waals surface area contributed by atoms with Crippen LogP contribution in [0, 0.1) is 0 Å². The van der Waals surface area contributed by atoms with Crippen LogP contribution >= 0.6 is 0 Å². The molecule has 0 bridgehead atoms. The minimum absolute atomic E-state index is 0.382. The minimum Gasteiger partial charge on any atom is -0.519 e. The van der Waals surface area contributed by atoms with E-state index in [9.17, 15) is 0 Å². The van der Waals surface area contributed by atoms with Crippen LogP contribution in [-0.2, 0) is 0 Å². The highest BCUT2D eigenvalue weighted by atomic mass is 16.6. The lowest BCUT2D eigenvalue weighted by atomic mass is 9.79. The quantitative estimate of drug-likeness (QED) is 0.546. The van der Waals surface area contributed by atoms with E-state index in [-0.39, 0.29) is 7.12 Å². The summed E-state index contributed by atoms with van der Waals surface area (Å²) in [6.07, 6.45) is 1.85. The van der Waals surface area contributed by atoms with E-state index in [4.69, 9.17) is 9.31 Å². The molecule has 4 rings (SSSR count). The lowest BCUT2D eigenvalue weighted by Gasteiger charge is -2.05. The molecule has 1 aliphatic heterocycles. The highest BCUT2D eigenvalue weighted by Gasteiger charge is 2.33. The fourth-order valence-electron chi connectivity index (χ4n) is 2.44. The van der Waals surface area contributed by atoms with Gasteiger partial charge >= 0.3 is 7.12 Å². The Morgan fingerprint density at radius 2 is 1.30 bits per heavy atom. The molecule has 0 saturated carbocycles. The summed E-state index contributed by atoms with van der Waals surface area (Å²) in [7, 11) is -0.382. The second-order valence-corrected chi connectivity index (χ2v) is 5.27. The van der Waals surface area contributed by atoms with Crippen LogP contribution in [0.1, 0.15) is 5.56 Å². The third-order valence-electron chi connectivity index (χ3n) is 3.64. The van der Waals surface area contributed by atoms with Gasteiger partial charge in [0.25, 0.3) is 0 Å². The summed E-state index contributed by atoms with van der Waals surface area (Å²) in [4.78, 5) is 4.45. The molecule has 0 aromatic heterocycles. The summed E-state index contributed by atoms with van der Waals surface area (Å²) >= 11 is 0. The monoisotopic (exact) mass is 299 g/mol. The van der Waals surface area contributed by atoms with E-state index in [1.165, 1.54) is 0 Å². The van der Waals surface area contributed by atoms with Gasteiger partial charge in [0.2, 0.25) is 0 Å². The molecule has 0 saturated heterocycles. The van der Waals surface area contributed by atoms with Gasteiger partial charge in [-0.1, -0.05) is 54.6 Å². The molecule has 0 spiro atoms. The van der Waals surface area contributed by atoms with Gasteiger partial charge in [0, 0.05) is 11.7 Å². The molecule has 1 aliphatic rings. The van der Waals surface area contributed by atoms with Gasteiger partial charge in [-0.2, -0.15) is 0 Å². The Morgan fingerprint density at radius 3 is 1.96 bits per heavy atom. The number of para-hydroxylation sites is 3. The van der Waals surface area contributed by atoms with Crippen molar-refractivity contribution in [2.75, 3.05) is 0 Å². The van der Waals surface area contributed by atoms with Crippen molar-refractivity contribution >= 4 is 24.5 Å². The maximum Gasteiger partial charge on any atom is 0.632 e. The molecular weight excluding hydrogens is 285 g/mol. The minimum atomic E-state index is -0.382. The number of benzene rings is 3. The van der Waals surface area contributed by atoms with E-state index in [2.05, 4.69) is 4.99 Å². The largest absolute Gasteiger partial charge is 0.632 e. The standard InChI is InChI=1S/C19H14BNO2/c1-2-6-17(7-3-1)21-14-15-10-12-16(13-11-15)20-22-18-8-4-5-9-19(18)23-20/h1-14H. The predicted molar refractivity (Wildman–Crippen MR) is 93.2 cm³/mol. The Labute approximate surface area is 135 Å². The summed E-state index contributed by atoms with van der Waals surface area (Å²) in [5, 5.41) is 0. The zero-order chi connectivity index (χ0) is 15.5. The van der Waals surface area contributed by atoms with Crippen LogP contribution in [-0.4, -0.2) is 13.3 Å². The second kappa shape index (κ2) is 6.01. The maximum absolute atomic E-state index is 5.81. The van der Waals surface area contributed by atoms with Gasteiger partial charge in [-0.05, 0) is 29.8 Å². The molecule has 0 aliphatic carbocycles. The molecular formula is C19H14BNO2. The number of nitrogens with zero attached hydrogens (tertiary/aromatic N) is 1. The maximum atomic E-state index is 5.81. The van der Waals surface area contributed by atoms with Crippen LogP contribution < -0.4 is 14.8 Å². The summed E-state index contributed by atoms with van der Waals surface area (Å²) in [6, 6.07) is 25.6. The van der Waals surface area contributed by atoms with Crippen molar-refractivity contribution in [2.45, 2.75) is 0 Å². The Kier molecular flexibility index (Phi) is 3.56. The first kappa shape index (κ1) is 13.6. The normalized spacial score (nSPS) is 12.8. The average Bonchev–Trinajstić information content (AvgIpc) is 3.05. The second-order valence-electron chi connectivity index (χ2n) is 5.27. The van der Waals surface area contributed by atoms with Gasteiger partial charge in [0.1, 0.15) is 11.5 Å². The third kappa shape index (κ3) is 2.97. The van der Waals surface area contributed by atoms with Gasteiger partial charge < -0.3 is 9.31 Å². The molecule has 3 nitrogen and oxygen atoms in total. The smallest absolute Gasteiger partial charge is 0.519 e. The molecule has 0 N–H and O–H groups in total. The van der Waals surface area contributed by atoms with Gasteiger partial charge in [-0.15, -0.1) is 0 Å². The van der Waals surface area contributed by atoms with E-state index in [0.29, 0.717) is 0 Å². The van der Waals surface area contributed by atoms with Crippen LogP contribution in [0.3, 0.4) is 0 Å². The summed E-state index contributed by atoms with van der Waals surface area (Å²) in [5.41, 5.74) is 2.96. The fourth-order valence-corrected chi connectivity index (χ4v) is 2.44. The number of hydrogen-bond acceptors (Lipinski definition) is 3. The van der Waals surface area contributed by atoms with Crippen molar-refractivity contribution in [3.8, 4) is 11.5 Å². The van der Waals surface area contributed by atoms with E-state index in [0.717, 1.165) is 28.2 Å². The molecule has 1 heterocycles. The van der Waals surface area contributed by atoms with Crippen molar-refractivity contribution < 1.29 is 9.31 Å². The van der Waals surface area contributed by atoms with E-state index in [1.54, 1.807) is 0 Å². The lowest BCUT2D eigenvalue weighted by Crippen LogP contribution is -2.38. The molecule has 23 heavy (non-hydrogen) atoms. The van der Waals surface area contributed by atoms with Crippen molar-refractivity contribution in [2.24, 2.45) is 4.99 Å². The first-order chi connectivity index (χ1) is 11.4. The molecule has 0 atom stereocenters. The zero-order valence-corrected chi connectivity index (χ0v) is 12.4. The van der Waals surface area contributed by atoms with Crippen LogP contribution in [0.2, 0.25) is 0 Å². The molecule has 0 fully saturated rings. The number of hydrogen-bond donors (Lipinski definition) is 0. The SMILES string of the molecule is C(=Nc1ccccc1)c1ccc(B2Oc3ccccc3O2)cc1. The van der Waals surface area contributed by atoms with Crippen LogP contribution in [0.15, 0.2) is 83.9 Å². The van der Waals surface area contributed by atoms with Crippen LogP contribution in [0.4, 0.5) is 5.69 Å². The van der Waals surface area contributed by atoms with Gasteiger partial charge in [0.05, 0.1) is 5.69 Å². The van der Waals surface area contributed by atoms with Crippen molar-refractivity contribution in [3.05, 3.63) is 84.4 Å². The number of aliphatic imine (C=N–C) groups is 1. The molecule has 110 valence electrons. The number of rotatable bonds is 3. The zero-order valence-electron chi connectivity index (χ0n) is 12.4. The predicted octanol–water partition coefficient (Wildman–Crippen LogP) is 3.60. The summed E-state index contributed by atoms with van der Waals surface area (Å²) < 4.78 is 11.6. The topological polar surface area (TPSA) is 30.8 Å². The van der Waals surface area contributed by atoms with E-state index < -0.39 is 0 Å². The highest BCUT2D eigenvalue weighted by molar-refractivity contribution is 6.63. The first-order valence-corrected chi connectivity index (χ1v) is 7.50. The molecule has 0 radical (unpaired) electrons. The molecule has 0 amide bonds. The highest BCUT2D eigenvalue weighted by Crippen LogP contribution is 2.32. The summed E-state index contributed by atoms with van der Waals surface area (Å²) in [6.45, 7) is 0. The van der Waals surface area contributed by atoms with Crippen LogP contribution in [0.25, 0.3) is 0 Å². The van der Waals surface area contributed by atoms with Crippen molar-refractivity contribution in [3.63, 3.8) is 0 Å². The molecule has 3 aromatic rings. The fraction of sp³-hybridized carbons (Fsp3) is 0. The Morgan fingerprint density at radius 1 is 0.696 bits per heavy atom. The number of fused-ring (bicyclic) bond motifs is 1. The Bertz CT molecular complexity index is 807. The van der Waals surface area contributed by atoms with Crippen molar-refractivity contribution in [1.82, 2.24) is 0 Å². The van der Waals surface area contributed by atoms with Crippen molar-refractivity contribution in [1.29, 1.82) is 0 Å². The van der Waals surface area contributed by atoms with Gasteiger partial charge in [-0.25, -0.2) is 0 Å².